The number of esters is 1. The lowest BCUT2D eigenvalue weighted by atomic mass is 10.1. The van der Waals surface area contributed by atoms with Crippen molar-refractivity contribution in [3.63, 3.8) is 0 Å². The maximum absolute atomic E-state index is 11.7. The van der Waals surface area contributed by atoms with Crippen molar-refractivity contribution in [3.05, 3.63) is 29.8 Å². The van der Waals surface area contributed by atoms with Crippen LogP contribution in [-0.4, -0.2) is 24.0 Å². The third-order valence-corrected chi connectivity index (χ3v) is 2.40. The van der Waals surface area contributed by atoms with Crippen LogP contribution in [-0.2, 0) is 9.53 Å². The Labute approximate surface area is 107 Å². The molecule has 0 heterocycles. The zero-order valence-electron chi connectivity index (χ0n) is 11.1. The lowest BCUT2D eigenvalue weighted by molar-refractivity contribution is -0.158. The summed E-state index contributed by atoms with van der Waals surface area (Å²) in [5.74, 6) is -0.170. The van der Waals surface area contributed by atoms with Crippen LogP contribution in [0.15, 0.2) is 24.3 Å². The number of carbonyl (C=O) groups is 2. The summed E-state index contributed by atoms with van der Waals surface area (Å²) in [4.78, 5) is 23.2. The minimum atomic E-state index is -1.12. The summed E-state index contributed by atoms with van der Waals surface area (Å²) in [6.07, 6.45) is 0. The fraction of sp³-hybridized carbons (Fsp3) is 0.429. The molecule has 0 aliphatic rings. The van der Waals surface area contributed by atoms with Gasteiger partial charge >= 0.3 is 5.97 Å². The quantitative estimate of drug-likeness (QED) is 0.595. The Balaban J connectivity index is 2.97. The molecule has 0 spiro atoms. The van der Waals surface area contributed by atoms with Crippen molar-refractivity contribution in [2.45, 2.75) is 33.3 Å². The van der Waals surface area contributed by atoms with Crippen molar-refractivity contribution in [1.82, 2.24) is 0 Å². The normalized spacial score (nSPS) is 10.9. The van der Waals surface area contributed by atoms with E-state index in [0.29, 0.717) is 17.9 Å². The molecule has 0 aliphatic carbocycles. The molecule has 18 heavy (non-hydrogen) atoms. The first kappa shape index (κ1) is 14.2. The van der Waals surface area contributed by atoms with E-state index in [1.807, 2.05) is 0 Å². The van der Waals surface area contributed by atoms with Crippen LogP contribution in [0.25, 0.3) is 0 Å². The number of hydrogen-bond donors (Lipinski definition) is 0. The molecule has 0 saturated carbocycles. The van der Waals surface area contributed by atoms with Gasteiger partial charge in [-0.15, -0.1) is 0 Å². The van der Waals surface area contributed by atoms with Crippen LogP contribution in [0, 0.1) is 0 Å². The first-order valence-electron chi connectivity index (χ1n) is 5.84. The molecule has 0 bridgehead atoms. The van der Waals surface area contributed by atoms with Gasteiger partial charge in [0.25, 0.3) is 0 Å². The highest BCUT2D eigenvalue weighted by Gasteiger charge is 2.32. The fourth-order valence-electron chi connectivity index (χ4n) is 1.47. The lowest BCUT2D eigenvalue weighted by Crippen LogP contribution is -2.40. The number of carbonyl (C=O) groups excluding carboxylic acids is 2. The molecule has 0 amide bonds. The molecule has 98 valence electrons. The molecule has 0 saturated heterocycles. The molecule has 0 unspecified atom stereocenters. The van der Waals surface area contributed by atoms with Crippen LogP contribution < -0.4 is 4.74 Å². The Kier molecular flexibility index (Phi) is 4.48. The Morgan fingerprint density at radius 2 is 1.83 bits per heavy atom. The smallest absolute Gasteiger partial charge is 0.349 e. The van der Waals surface area contributed by atoms with Crippen LogP contribution >= 0.6 is 0 Å². The van der Waals surface area contributed by atoms with E-state index in [4.69, 9.17) is 9.47 Å². The molecule has 1 rings (SSSR count). The van der Waals surface area contributed by atoms with Gasteiger partial charge < -0.3 is 9.47 Å². The molecule has 1 aromatic carbocycles. The number of benzene rings is 1. The van der Waals surface area contributed by atoms with E-state index in [-0.39, 0.29) is 5.78 Å². The van der Waals surface area contributed by atoms with Gasteiger partial charge in [0.1, 0.15) is 5.75 Å². The van der Waals surface area contributed by atoms with Crippen molar-refractivity contribution in [1.29, 1.82) is 0 Å². The van der Waals surface area contributed by atoms with Crippen molar-refractivity contribution in [3.8, 4) is 5.75 Å². The maximum atomic E-state index is 11.7. The molecule has 0 fully saturated rings. The van der Waals surface area contributed by atoms with Crippen molar-refractivity contribution in [2.75, 3.05) is 6.61 Å². The van der Waals surface area contributed by atoms with Gasteiger partial charge in [-0.1, -0.05) is 12.1 Å². The Bertz CT molecular complexity index is 449. The van der Waals surface area contributed by atoms with Crippen LogP contribution in [0.3, 0.4) is 0 Å². The van der Waals surface area contributed by atoms with Crippen molar-refractivity contribution >= 4 is 11.8 Å². The molecule has 0 N–H and O–H groups in total. The number of rotatable bonds is 5. The number of ketones is 1. The summed E-state index contributed by atoms with van der Waals surface area (Å²) in [6.45, 7) is 6.71. The number of para-hydroxylation sites is 1. The summed E-state index contributed by atoms with van der Waals surface area (Å²) in [6, 6.07) is 6.83. The minimum absolute atomic E-state index is 0.106. The standard InChI is InChI=1S/C14H18O4/c1-5-17-13(16)14(3,4)18-12-9-7-6-8-11(12)10(2)15/h6-9H,5H2,1-4H3. The van der Waals surface area contributed by atoms with Crippen LogP contribution in [0.2, 0.25) is 0 Å². The Morgan fingerprint density at radius 1 is 1.22 bits per heavy atom. The van der Waals surface area contributed by atoms with Crippen molar-refractivity contribution < 1.29 is 19.1 Å². The fourth-order valence-corrected chi connectivity index (χ4v) is 1.47. The highest BCUT2D eigenvalue weighted by molar-refractivity contribution is 5.97. The zero-order chi connectivity index (χ0) is 13.8. The molecule has 0 atom stereocenters. The van der Waals surface area contributed by atoms with Gasteiger partial charge in [-0.25, -0.2) is 4.79 Å². The number of Topliss-reactive ketones (excluding diaryl/α,β-unsaturated/α-hetero) is 1. The number of hydrogen-bond acceptors (Lipinski definition) is 4. The minimum Gasteiger partial charge on any atom is -0.475 e. The maximum Gasteiger partial charge on any atom is 0.349 e. The van der Waals surface area contributed by atoms with Gasteiger partial charge in [0.05, 0.1) is 12.2 Å². The van der Waals surface area contributed by atoms with Crippen molar-refractivity contribution in [2.24, 2.45) is 0 Å². The molecular weight excluding hydrogens is 232 g/mol. The van der Waals surface area contributed by atoms with E-state index in [1.54, 1.807) is 45.0 Å². The van der Waals surface area contributed by atoms with Gasteiger partial charge in [0.2, 0.25) is 0 Å². The van der Waals surface area contributed by atoms with E-state index in [1.165, 1.54) is 6.92 Å². The van der Waals surface area contributed by atoms with E-state index in [0.717, 1.165) is 0 Å². The van der Waals surface area contributed by atoms with Crippen LogP contribution in [0.5, 0.6) is 5.75 Å². The monoisotopic (exact) mass is 250 g/mol. The van der Waals surface area contributed by atoms with Gasteiger partial charge in [-0.3, -0.25) is 4.79 Å². The van der Waals surface area contributed by atoms with E-state index in [9.17, 15) is 9.59 Å². The highest BCUT2D eigenvalue weighted by atomic mass is 16.6. The second kappa shape index (κ2) is 5.67. The molecule has 1 aromatic rings. The first-order valence-corrected chi connectivity index (χ1v) is 5.84. The summed E-state index contributed by atoms with van der Waals surface area (Å²) in [5, 5.41) is 0. The summed E-state index contributed by atoms with van der Waals surface area (Å²) < 4.78 is 10.5. The molecule has 0 aliphatic heterocycles. The average molecular weight is 250 g/mol. The van der Waals surface area contributed by atoms with Gasteiger partial charge in [-0.05, 0) is 39.8 Å². The first-order chi connectivity index (χ1) is 8.38. The third kappa shape index (κ3) is 3.32. The molecular formula is C14H18O4. The molecule has 4 heteroatoms. The second-order valence-corrected chi connectivity index (χ2v) is 4.39. The average Bonchev–Trinajstić information content (AvgIpc) is 2.29. The van der Waals surface area contributed by atoms with Crippen LogP contribution in [0.1, 0.15) is 38.1 Å². The summed E-state index contributed by atoms with van der Waals surface area (Å²) in [7, 11) is 0. The third-order valence-electron chi connectivity index (χ3n) is 2.40. The van der Waals surface area contributed by atoms with Gasteiger partial charge in [0.15, 0.2) is 11.4 Å². The second-order valence-electron chi connectivity index (χ2n) is 4.39. The topological polar surface area (TPSA) is 52.6 Å². The van der Waals surface area contributed by atoms with Crippen LogP contribution in [0.4, 0.5) is 0 Å². The SMILES string of the molecule is CCOC(=O)C(C)(C)Oc1ccccc1C(C)=O. The predicted octanol–water partition coefficient (Wildman–Crippen LogP) is 2.61. The van der Waals surface area contributed by atoms with E-state index >= 15 is 0 Å². The van der Waals surface area contributed by atoms with E-state index < -0.39 is 11.6 Å². The molecule has 0 radical (unpaired) electrons. The predicted molar refractivity (Wildman–Crippen MR) is 67.8 cm³/mol. The largest absolute Gasteiger partial charge is 0.475 e. The summed E-state index contributed by atoms with van der Waals surface area (Å²) in [5.41, 5.74) is -0.670. The zero-order valence-corrected chi connectivity index (χ0v) is 11.1. The Morgan fingerprint density at radius 3 is 2.39 bits per heavy atom. The van der Waals surface area contributed by atoms with Gasteiger partial charge in [0, 0.05) is 0 Å². The van der Waals surface area contributed by atoms with Gasteiger partial charge in [-0.2, -0.15) is 0 Å². The number of ether oxygens (including phenoxy) is 2. The molecule has 0 aromatic heterocycles. The highest BCUT2D eigenvalue weighted by Crippen LogP contribution is 2.24. The van der Waals surface area contributed by atoms with E-state index in [2.05, 4.69) is 0 Å². The lowest BCUT2D eigenvalue weighted by Gasteiger charge is -2.25. The molecule has 4 nitrogen and oxygen atoms in total. The Hall–Kier alpha value is -1.84. The summed E-state index contributed by atoms with van der Waals surface area (Å²) >= 11 is 0.